The van der Waals surface area contributed by atoms with Crippen LogP contribution in [0.5, 0.6) is 0 Å². The summed E-state index contributed by atoms with van der Waals surface area (Å²) in [7, 11) is 2.11. The third-order valence-corrected chi connectivity index (χ3v) is 7.45. The summed E-state index contributed by atoms with van der Waals surface area (Å²) in [6, 6.07) is 12.7. The summed E-state index contributed by atoms with van der Waals surface area (Å²) in [6.45, 7) is 6.26. The maximum absolute atomic E-state index is 13.9. The molecule has 2 aromatic carbocycles. The molecule has 1 spiro atoms. The summed E-state index contributed by atoms with van der Waals surface area (Å²) < 4.78 is 19.5. The molecule has 0 saturated carbocycles. The molecule has 0 N–H and O–H groups in total. The quantitative estimate of drug-likeness (QED) is 0.723. The van der Waals surface area contributed by atoms with Crippen LogP contribution >= 0.6 is 0 Å². The number of carbonyl (C=O) groups is 1. The highest BCUT2D eigenvalue weighted by Crippen LogP contribution is 2.48. The molecule has 0 aromatic heterocycles. The van der Waals surface area contributed by atoms with E-state index < -0.39 is 5.82 Å². The Morgan fingerprint density at radius 3 is 2.52 bits per heavy atom. The van der Waals surface area contributed by atoms with Crippen LogP contribution in [0.25, 0.3) is 11.1 Å². The Balaban J connectivity index is 1.47. The predicted octanol–water partition coefficient (Wildman–Crippen LogP) is 3.01. The van der Waals surface area contributed by atoms with E-state index in [0.717, 1.165) is 61.4 Å². The molecule has 7 heteroatoms. The highest BCUT2D eigenvalue weighted by molar-refractivity contribution is 5.98. The SMILES string of the molecule is CN1CCN(CC(=O)N2CC3(CCOCC3)c3cc(-c4ccc(F)c(C#N)c4)ccc32)CC1. The molecule has 6 nitrogen and oxygen atoms in total. The van der Waals surface area contributed by atoms with E-state index in [0.29, 0.717) is 26.3 Å². The average Bonchev–Trinajstić information content (AvgIpc) is 3.14. The van der Waals surface area contributed by atoms with Crippen molar-refractivity contribution >= 4 is 11.6 Å². The number of halogens is 1. The maximum Gasteiger partial charge on any atom is 0.241 e. The van der Waals surface area contributed by atoms with Crippen LogP contribution in [0.1, 0.15) is 24.0 Å². The molecule has 0 atom stereocenters. The normalized spacial score (nSPS) is 20.6. The first kappa shape index (κ1) is 22.0. The van der Waals surface area contributed by atoms with Gasteiger partial charge in [-0.1, -0.05) is 12.1 Å². The van der Waals surface area contributed by atoms with Gasteiger partial charge in [0.15, 0.2) is 0 Å². The van der Waals surface area contributed by atoms with E-state index in [1.807, 2.05) is 23.1 Å². The fraction of sp³-hybridized carbons (Fsp3) is 0.462. The van der Waals surface area contributed by atoms with Crippen LogP contribution in [0.4, 0.5) is 10.1 Å². The molecule has 3 aliphatic rings. The van der Waals surface area contributed by atoms with Crippen LogP contribution in [-0.4, -0.2) is 75.2 Å². The lowest BCUT2D eigenvalue weighted by atomic mass is 9.75. The van der Waals surface area contributed by atoms with Gasteiger partial charge in [-0.3, -0.25) is 9.69 Å². The first-order valence-electron chi connectivity index (χ1n) is 11.6. The number of piperazine rings is 1. The lowest BCUT2D eigenvalue weighted by Crippen LogP contribution is -2.49. The van der Waals surface area contributed by atoms with Crippen LogP contribution in [0.2, 0.25) is 0 Å². The molecule has 5 rings (SSSR count). The molecular formula is C26H29FN4O2. The largest absolute Gasteiger partial charge is 0.381 e. The molecule has 0 aliphatic carbocycles. The van der Waals surface area contributed by atoms with Gasteiger partial charge in [-0.05, 0) is 60.8 Å². The number of amides is 1. The van der Waals surface area contributed by atoms with E-state index in [2.05, 4.69) is 22.9 Å². The van der Waals surface area contributed by atoms with Crippen LogP contribution < -0.4 is 4.90 Å². The summed E-state index contributed by atoms with van der Waals surface area (Å²) >= 11 is 0. The molecule has 3 aliphatic heterocycles. The minimum atomic E-state index is -0.510. The van der Waals surface area contributed by atoms with Gasteiger partial charge in [0.25, 0.3) is 0 Å². The summed E-state index contributed by atoms with van der Waals surface area (Å²) in [5.41, 5.74) is 3.79. The van der Waals surface area contributed by atoms with E-state index in [1.54, 1.807) is 12.1 Å². The summed E-state index contributed by atoms with van der Waals surface area (Å²) in [5.74, 6) is -0.366. The zero-order chi connectivity index (χ0) is 23.0. The highest BCUT2D eigenvalue weighted by atomic mass is 19.1. The number of anilines is 1. The maximum atomic E-state index is 13.9. The summed E-state index contributed by atoms with van der Waals surface area (Å²) in [6.07, 6.45) is 1.74. The van der Waals surface area contributed by atoms with Crippen molar-refractivity contribution in [3.05, 3.63) is 53.3 Å². The van der Waals surface area contributed by atoms with Crippen LogP contribution in [-0.2, 0) is 14.9 Å². The second-order valence-corrected chi connectivity index (χ2v) is 9.49. The minimum Gasteiger partial charge on any atom is -0.381 e. The summed E-state index contributed by atoms with van der Waals surface area (Å²) in [4.78, 5) is 19.9. The van der Waals surface area contributed by atoms with Crippen LogP contribution in [0, 0.1) is 17.1 Å². The number of rotatable bonds is 3. The van der Waals surface area contributed by atoms with E-state index in [-0.39, 0.29) is 16.9 Å². The van der Waals surface area contributed by atoms with Crippen LogP contribution in [0.3, 0.4) is 0 Å². The third-order valence-electron chi connectivity index (χ3n) is 7.45. The minimum absolute atomic E-state index is 0.0396. The van der Waals surface area contributed by atoms with Gasteiger partial charge in [-0.15, -0.1) is 0 Å². The number of hydrogen-bond acceptors (Lipinski definition) is 5. The van der Waals surface area contributed by atoms with E-state index >= 15 is 0 Å². The molecule has 2 fully saturated rings. The second-order valence-electron chi connectivity index (χ2n) is 9.49. The number of benzene rings is 2. The number of nitrogens with zero attached hydrogens (tertiary/aromatic N) is 4. The van der Waals surface area contributed by atoms with Crippen molar-refractivity contribution in [2.24, 2.45) is 0 Å². The lowest BCUT2D eigenvalue weighted by Gasteiger charge is -2.35. The van der Waals surface area contributed by atoms with Crippen molar-refractivity contribution in [1.29, 1.82) is 5.26 Å². The third kappa shape index (κ3) is 4.15. The van der Waals surface area contributed by atoms with Crippen molar-refractivity contribution in [2.75, 3.05) is 64.4 Å². The van der Waals surface area contributed by atoms with Crippen molar-refractivity contribution in [3.63, 3.8) is 0 Å². The van der Waals surface area contributed by atoms with Gasteiger partial charge in [0.05, 0.1) is 12.1 Å². The van der Waals surface area contributed by atoms with Gasteiger partial charge in [0.2, 0.25) is 5.91 Å². The molecule has 1 amide bonds. The van der Waals surface area contributed by atoms with E-state index in [9.17, 15) is 14.4 Å². The Morgan fingerprint density at radius 2 is 1.79 bits per heavy atom. The molecule has 172 valence electrons. The monoisotopic (exact) mass is 448 g/mol. The smallest absolute Gasteiger partial charge is 0.241 e. The zero-order valence-corrected chi connectivity index (χ0v) is 19.0. The van der Waals surface area contributed by atoms with Gasteiger partial charge in [-0.2, -0.15) is 5.26 Å². The summed E-state index contributed by atoms with van der Waals surface area (Å²) in [5, 5.41) is 9.23. The highest BCUT2D eigenvalue weighted by Gasteiger charge is 2.45. The Labute approximate surface area is 194 Å². The first-order valence-corrected chi connectivity index (χ1v) is 11.6. The Kier molecular flexibility index (Phi) is 5.92. The number of fused-ring (bicyclic) bond motifs is 2. The number of likely N-dealkylation sites (N-methyl/N-ethyl adjacent to an activating group) is 1. The van der Waals surface area contributed by atoms with Gasteiger partial charge in [0.1, 0.15) is 11.9 Å². The van der Waals surface area contributed by atoms with E-state index in [4.69, 9.17) is 4.74 Å². The molecule has 2 aromatic rings. The first-order chi connectivity index (χ1) is 16.0. The number of hydrogen-bond donors (Lipinski definition) is 0. The molecular weight excluding hydrogens is 419 g/mol. The van der Waals surface area contributed by atoms with Gasteiger partial charge < -0.3 is 14.5 Å². The number of ether oxygens (including phenoxy) is 1. The predicted molar refractivity (Wildman–Crippen MR) is 125 cm³/mol. The Bertz CT molecular complexity index is 1100. The second kappa shape index (κ2) is 8.86. The molecule has 0 radical (unpaired) electrons. The van der Waals surface area contributed by atoms with Crippen molar-refractivity contribution in [3.8, 4) is 17.2 Å². The number of nitriles is 1. The average molecular weight is 449 g/mol. The molecule has 0 bridgehead atoms. The molecule has 0 unspecified atom stereocenters. The zero-order valence-electron chi connectivity index (χ0n) is 19.0. The van der Waals surface area contributed by atoms with Crippen molar-refractivity contribution < 1.29 is 13.9 Å². The van der Waals surface area contributed by atoms with Gasteiger partial charge in [0, 0.05) is 57.0 Å². The Morgan fingerprint density at radius 1 is 1.09 bits per heavy atom. The van der Waals surface area contributed by atoms with E-state index in [1.165, 1.54) is 6.07 Å². The fourth-order valence-electron chi connectivity index (χ4n) is 5.33. The standard InChI is InChI=1S/C26H29FN4O2/c1-29-8-10-30(11-9-29)17-25(32)31-18-26(6-12-33-13-7-26)22-15-20(3-5-24(22)31)19-2-4-23(27)21(14-19)16-28/h2-5,14-15H,6-13,17-18H2,1H3. The van der Waals surface area contributed by atoms with Crippen molar-refractivity contribution in [1.82, 2.24) is 9.80 Å². The van der Waals surface area contributed by atoms with Gasteiger partial charge in [-0.25, -0.2) is 4.39 Å². The molecule has 33 heavy (non-hydrogen) atoms. The topological polar surface area (TPSA) is 59.8 Å². The molecule has 2 saturated heterocycles. The van der Waals surface area contributed by atoms with Crippen molar-refractivity contribution in [2.45, 2.75) is 18.3 Å². The lowest BCUT2D eigenvalue weighted by molar-refractivity contribution is -0.120. The Hall–Kier alpha value is -2.79. The van der Waals surface area contributed by atoms with Crippen LogP contribution in [0.15, 0.2) is 36.4 Å². The number of carbonyl (C=O) groups excluding carboxylic acids is 1. The van der Waals surface area contributed by atoms with Gasteiger partial charge >= 0.3 is 0 Å². The molecule has 3 heterocycles. The fourth-order valence-corrected chi connectivity index (χ4v) is 5.33.